The number of rotatable bonds is 6. The Morgan fingerprint density at radius 2 is 0.810 bits per heavy atom. The number of ketones is 1. The Morgan fingerprint density at radius 1 is 0.476 bits per heavy atom. The van der Waals surface area contributed by atoms with Gasteiger partial charge in [0.1, 0.15) is 23.0 Å². The first kappa shape index (κ1) is 26.9. The molecule has 3 aliphatic rings. The fraction of sp³-hybridized carbons (Fsp3) is 0.286. The third-order valence-electron chi connectivity index (χ3n) is 8.35. The average molecular weight is 565 g/mol. The van der Waals surface area contributed by atoms with E-state index < -0.39 is 23.4 Å². The van der Waals surface area contributed by atoms with Gasteiger partial charge < -0.3 is 28.4 Å². The molecule has 7 nitrogen and oxygen atoms in total. The Kier molecular flexibility index (Phi) is 7.25. The highest BCUT2D eigenvalue weighted by Gasteiger charge is 2.60. The van der Waals surface area contributed by atoms with Crippen molar-refractivity contribution < 1.29 is 33.2 Å². The number of carbonyl (C=O) groups excluding carboxylic acids is 1. The van der Waals surface area contributed by atoms with Crippen molar-refractivity contribution in [2.75, 3.05) is 26.4 Å². The van der Waals surface area contributed by atoms with Crippen LogP contribution in [0.5, 0.6) is 23.0 Å². The smallest absolute Gasteiger partial charge is 0.183 e. The van der Waals surface area contributed by atoms with Crippen LogP contribution in [0.15, 0.2) is 109 Å². The average Bonchev–Trinajstić information content (AvgIpc) is 3.30. The van der Waals surface area contributed by atoms with Crippen LogP contribution in [-0.2, 0) is 23.7 Å². The van der Waals surface area contributed by atoms with E-state index in [2.05, 4.69) is 0 Å². The summed E-state index contributed by atoms with van der Waals surface area (Å²) in [6, 6.07) is 34.6. The lowest BCUT2D eigenvalue weighted by Crippen LogP contribution is -2.50. The predicted octanol–water partition coefficient (Wildman–Crippen LogP) is 7.40. The minimum absolute atomic E-state index is 0.116. The lowest BCUT2D eigenvalue weighted by Gasteiger charge is -2.40. The van der Waals surface area contributed by atoms with Crippen molar-refractivity contribution in [2.24, 2.45) is 10.8 Å². The fourth-order valence-electron chi connectivity index (χ4n) is 5.96. The molecule has 2 saturated heterocycles. The molecule has 2 heterocycles. The van der Waals surface area contributed by atoms with Crippen molar-refractivity contribution in [3.05, 3.63) is 120 Å². The molecular formula is C35H32O7. The molecule has 2 aliphatic heterocycles. The van der Waals surface area contributed by atoms with E-state index in [0.717, 1.165) is 34.1 Å². The monoisotopic (exact) mass is 564 g/mol. The highest BCUT2D eigenvalue weighted by molar-refractivity contribution is 5.93. The van der Waals surface area contributed by atoms with Gasteiger partial charge in [0.15, 0.2) is 18.4 Å². The van der Waals surface area contributed by atoms with Crippen LogP contribution in [0.1, 0.15) is 36.5 Å². The lowest BCUT2D eigenvalue weighted by atomic mass is 9.78. The molecule has 0 atom stereocenters. The van der Waals surface area contributed by atoms with Gasteiger partial charge in [-0.25, -0.2) is 0 Å². The third kappa shape index (κ3) is 5.32. The van der Waals surface area contributed by atoms with Crippen LogP contribution in [0.4, 0.5) is 0 Å². The normalized spacial score (nSPS) is 27.3. The van der Waals surface area contributed by atoms with E-state index >= 15 is 0 Å². The Hall–Kier alpha value is -4.01. The molecule has 0 aromatic heterocycles. The minimum atomic E-state index is -0.678. The van der Waals surface area contributed by atoms with Crippen molar-refractivity contribution in [2.45, 2.75) is 25.4 Å². The first-order valence-electron chi connectivity index (χ1n) is 14.3. The maximum absolute atomic E-state index is 13.8. The number of ether oxygens (including phenoxy) is 6. The Labute approximate surface area is 244 Å². The van der Waals surface area contributed by atoms with Crippen molar-refractivity contribution in [3.8, 4) is 23.0 Å². The number of hydrogen-bond acceptors (Lipinski definition) is 7. The van der Waals surface area contributed by atoms with Crippen molar-refractivity contribution in [1.29, 1.82) is 0 Å². The lowest BCUT2D eigenvalue weighted by molar-refractivity contribution is -0.240. The molecule has 2 spiro atoms. The summed E-state index contributed by atoms with van der Waals surface area (Å²) in [4.78, 5) is 13.8. The number of para-hydroxylation sites is 2. The Morgan fingerprint density at radius 3 is 1.17 bits per heavy atom. The summed E-state index contributed by atoms with van der Waals surface area (Å²) in [7, 11) is 0. The number of Topliss-reactive ketones (excluding diaryl/α,β-unsaturated/α-hetero) is 1. The Balaban J connectivity index is 0.932. The van der Waals surface area contributed by atoms with Gasteiger partial charge in [0.25, 0.3) is 0 Å². The fourth-order valence-corrected chi connectivity index (χ4v) is 5.96. The molecule has 0 amide bonds. The number of carbonyl (C=O) groups is 1. The van der Waals surface area contributed by atoms with Gasteiger partial charge in [0.2, 0.25) is 0 Å². The second-order valence-corrected chi connectivity index (χ2v) is 11.3. The molecule has 3 fully saturated rings. The standard InChI is InChI=1S/C35H32O7/c36-33-34(21-37-31(38-22-34)25-11-15-29(16-12-25)41-27-7-3-1-4-8-27)19-20-35(33)23-39-32(40-24-35)26-13-17-30(18-14-26)42-28-9-5-2-6-10-28/h1-18,31-32H,19-24H2. The van der Waals surface area contributed by atoms with E-state index in [1.165, 1.54) is 0 Å². The molecule has 4 aromatic carbocycles. The molecule has 1 saturated carbocycles. The SMILES string of the molecule is O=C1C2(CCC13COC(c1ccc(Oc4ccccc4)cc1)OC3)COC(c1ccc(Oc3ccccc3)cc1)OC2. The second-order valence-electron chi connectivity index (χ2n) is 11.3. The molecule has 1 aliphatic carbocycles. The van der Waals surface area contributed by atoms with Gasteiger partial charge in [-0.15, -0.1) is 0 Å². The molecule has 7 heteroatoms. The topological polar surface area (TPSA) is 72.5 Å². The third-order valence-corrected chi connectivity index (χ3v) is 8.35. The van der Waals surface area contributed by atoms with Gasteiger partial charge in [0, 0.05) is 11.1 Å². The summed E-state index contributed by atoms with van der Waals surface area (Å²) in [5.74, 6) is 3.14. The van der Waals surface area contributed by atoms with Gasteiger partial charge in [-0.2, -0.15) is 0 Å². The summed E-state index contributed by atoms with van der Waals surface area (Å²) in [6.07, 6.45) is 0.321. The zero-order valence-electron chi connectivity index (χ0n) is 23.1. The molecule has 214 valence electrons. The summed E-state index contributed by atoms with van der Waals surface area (Å²) in [5, 5.41) is 0. The van der Waals surface area contributed by atoms with Crippen LogP contribution >= 0.6 is 0 Å². The first-order chi connectivity index (χ1) is 20.6. The van der Waals surface area contributed by atoms with Crippen LogP contribution in [0.2, 0.25) is 0 Å². The van der Waals surface area contributed by atoms with Gasteiger partial charge in [0.05, 0.1) is 37.3 Å². The van der Waals surface area contributed by atoms with Crippen molar-refractivity contribution >= 4 is 5.78 Å². The zero-order chi connectivity index (χ0) is 28.4. The minimum Gasteiger partial charge on any atom is -0.457 e. The molecule has 0 bridgehead atoms. The van der Waals surface area contributed by atoms with E-state index in [4.69, 9.17) is 28.4 Å². The van der Waals surface area contributed by atoms with Crippen LogP contribution in [0.25, 0.3) is 0 Å². The molecule has 42 heavy (non-hydrogen) atoms. The molecule has 0 N–H and O–H groups in total. The Bertz CT molecular complexity index is 1370. The van der Waals surface area contributed by atoms with E-state index in [-0.39, 0.29) is 5.78 Å². The summed E-state index contributed by atoms with van der Waals surface area (Å²) in [5.41, 5.74) is 0.418. The second kappa shape index (κ2) is 11.3. The van der Waals surface area contributed by atoms with Gasteiger partial charge >= 0.3 is 0 Å². The highest BCUT2D eigenvalue weighted by atomic mass is 16.7. The van der Waals surface area contributed by atoms with E-state index in [1.807, 2.05) is 109 Å². The molecular weight excluding hydrogens is 532 g/mol. The molecule has 0 unspecified atom stereocenters. The van der Waals surface area contributed by atoms with Crippen LogP contribution in [-0.4, -0.2) is 32.2 Å². The van der Waals surface area contributed by atoms with Crippen molar-refractivity contribution in [3.63, 3.8) is 0 Å². The molecule has 4 aromatic rings. The highest BCUT2D eigenvalue weighted by Crippen LogP contribution is 2.52. The predicted molar refractivity (Wildman–Crippen MR) is 154 cm³/mol. The maximum Gasteiger partial charge on any atom is 0.183 e. The van der Waals surface area contributed by atoms with Crippen LogP contribution in [0, 0.1) is 10.8 Å². The summed E-state index contributed by atoms with van der Waals surface area (Å²) < 4.78 is 36.3. The molecule has 0 radical (unpaired) electrons. The molecule has 7 rings (SSSR count). The van der Waals surface area contributed by atoms with Gasteiger partial charge in [-0.05, 0) is 61.4 Å². The summed E-state index contributed by atoms with van der Waals surface area (Å²) in [6.45, 7) is 1.25. The largest absolute Gasteiger partial charge is 0.457 e. The van der Waals surface area contributed by atoms with Crippen molar-refractivity contribution in [1.82, 2.24) is 0 Å². The van der Waals surface area contributed by atoms with Gasteiger partial charge in [-0.3, -0.25) is 4.79 Å². The van der Waals surface area contributed by atoms with Gasteiger partial charge in [-0.1, -0.05) is 60.7 Å². The van der Waals surface area contributed by atoms with E-state index in [1.54, 1.807) is 0 Å². The zero-order valence-corrected chi connectivity index (χ0v) is 23.1. The quantitative estimate of drug-likeness (QED) is 0.242. The summed E-state index contributed by atoms with van der Waals surface area (Å²) >= 11 is 0. The number of hydrogen-bond donors (Lipinski definition) is 0. The van der Waals surface area contributed by atoms with Crippen LogP contribution < -0.4 is 9.47 Å². The van der Waals surface area contributed by atoms with Crippen LogP contribution in [0.3, 0.4) is 0 Å². The first-order valence-corrected chi connectivity index (χ1v) is 14.3. The van der Waals surface area contributed by atoms with E-state index in [9.17, 15) is 4.79 Å². The number of benzene rings is 4. The van der Waals surface area contributed by atoms with E-state index in [0.29, 0.717) is 39.3 Å². The maximum atomic E-state index is 13.8.